The summed E-state index contributed by atoms with van der Waals surface area (Å²) in [4.78, 5) is 65.0. The van der Waals surface area contributed by atoms with Crippen molar-refractivity contribution in [1.82, 2.24) is 108 Å². The third kappa shape index (κ3) is 99.4. The zero-order valence-electron chi connectivity index (χ0n) is 99.1. The number of likely N-dealkylation sites (tertiary alicyclic amines) is 8. The van der Waals surface area contributed by atoms with Crippen LogP contribution in [0.3, 0.4) is 0 Å². The van der Waals surface area contributed by atoms with Gasteiger partial charge in [0.05, 0.1) is 0 Å². The Balaban J connectivity index is -0.000000721. The van der Waals surface area contributed by atoms with Gasteiger partial charge in [0, 0.05) is 247 Å². The second kappa shape index (κ2) is 71.3. The summed E-state index contributed by atoms with van der Waals surface area (Å²) in [6, 6.07) is 4.28. The Morgan fingerprint density at radius 2 is 0.540 bits per heavy atom. The molecule has 4 amide bonds. The van der Waals surface area contributed by atoms with Gasteiger partial charge >= 0.3 is 0 Å². The van der Waals surface area contributed by atoms with E-state index in [4.69, 9.17) is 0 Å². The molecule has 0 bridgehead atoms. The molecule has 0 aliphatic carbocycles. The minimum atomic E-state index is -1.96. The van der Waals surface area contributed by atoms with Gasteiger partial charge < -0.3 is 108 Å². The summed E-state index contributed by atoms with van der Waals surface area (Å²) < 4.78 is 11.1. The molecule has 822 valence electrons. The fraction of sp³-hybridized carbons (Fsp3) is 0.848. The van der Waals surface area contributed by atoms with Gasteiger partial charge in [0.1, 0.15) is 0 Å². The molecule has 8 fully saturated rings. The van der Waals surface area contributed by atoms with Crippen LogP contribution in [-0.2, 0) is 28.7 Å². The lowest BCUT2D eigenvalue weighted by atomic mass is 10.0. The number of carbonyl (C=O) groups is 4. The minimum absolute atomic E-state index is 0.0238. The first-order valence-corrected chi connectivity index (χ1v) is 55.2. The second-order valence-corrected chi connectivity index (χ2v) is 53.8. The lowest BCUT2D eigenvalue weighted by Crippen LogP contribution is -2.60. The Labute approximate surface area is 861 Å². The molecule has 0 aromatic rings. The van der Waals surface area contributed by atoms with E-state index < -0.39 is 9.52 Å². The van der Waals surface area contributed by atoms with Crippen LogP contribution in [0.1, 0.15) is 318 Å². The third-order valence-corrected chi connectivity index (χ3v) is 22.6. The number of hydrogen-bond acceptors (Lipinski definition) is 22. The van der Waals surface area contributed by atoms with Gasteiger partial charge in [-0.3, -0.25) is 23.4 Å². The van der Waals surface area contributed by atoms with E-state index in [-0.39, 0.29) is 84.6 Å². The van der Waals surface area contributed by atoms with Gasteiger partial charge in [-0.1, -0.05) is 30.4 Å². The van der Waals surface area contributed by atoms with Crippen molar-refractivity contribution in [2.24, 2.45) is 0 Å². The van der Waals surface area contributed by atoms with Crippen LogP contribution < -0.4 is 63.8 Å². The van der Waals surface area contributed by atoms with Crippen molar-refractivity contribution < 1.29 is 23.4 Å². The Morgan fingerprint density at radius 1 is 0.302 bits per heavy atom. The summed E-state index contributed by atoms with van der Waals surface area (Å²) in [5.41, 5.74) is 2.18. The van der Waals surface area contributed by atoms with Gasteiger partial charge in [-0.05, 0) is 421 Å². The number of carbonyl (C=O) groups excluding carboxylic acids is 4. The van der Waals surface area contributed by atoms with E-state index >= 15 is 0 Å². The summed E-state index contributed by atoms with van der Waals surface area (Å²) in [5.74, 6) is 3.80. The third-order valence-electron chi connectivity index (χ3n) is 21.8. The number of amides is 4. The van der Waals surface area contributed by atoms with Crippen LogP contribution in [0, 0.1) is 0 Å². The molecule has 5 atom stereocenters. The molecule has 26 nitrogen and oxygen atoms in total. The lowest BCUT2D eigenvalue weighted by Gasteiger charge is -2.40. The highest BCUT2D eigenvalue weighted by Crippen LogP contribution is 2.19. The topological polar surface area (TPSA) is 259 Å². The first-order valence-electron chi connectivity index (χ1n) is 53.0. The van der Waals surface area contributed by atoms with E-state index in [0.717, 1.165) is 96.7 Å². The normalized spacial score (nSPS) is 20.7. The van der Waals surface area contributed by atoms with Crippen LogP contribution >= 0.6 is 0 Å². The van der Waals surface area contributed by atoms with Crippen LogP contribution in [0.15, 0.2) is 73.3 Å². The van der Waals surface area contributed by atoms with Crippen molar-refractivity contribution in [2.75, 3.05) is 207 Å². The maximum atomic E-state index is 11.7. The predicted octanol–water partition coefficient (Wildman–Crippen LogP) is 14.9. The maximum absolute atomic E-state index is 11.7. The van der Waals surface area contributed by atoms with Crippen molar-refractivity contribution in [3.8, 4) is 0 Å². The molecule has 8 heterocycles. The molecule has 1 unspecified atom stereocenters. The molecule has 0 aromatic carbocycles. The standard InChI is InChI=1S/2C13H24N2O.C10H20N2O.3C10H22N2.C9H18N2O.2C9H20N2.C9H19NOS.C8H18N2.C2H4/c2*1-13(2,3)14-9-7-8-12(16)15-10-5-4-6-11-15;1-10(2,3)11-8-6-7-9(13)12(4)5;1-10(2,3)11-9-5-7-12(4)8-6-9;2*1-10(2,3)11-9-6-5-7-12(4)8-9;1-9(2,3)11-7-5-6-8(12)10-4;2*1-9(2,3)10-8-5-6-11(4)7-8;1-9(2,3)10-7-6-8-12(4,5)11;1-8(2,3)9-7-5-10(4)6-7;1-2/h2*7-8,14H,4-6,9-11H2,1-3H3;6-7,11H,8H2,1-5H3;3*9,11H,5-8H2,1-4H3;5-6,11H,7H2,1-4H3,(H,10,12);2*8,10H,5-7H2,1-4H3;6,8,10H,4,7H2,1-3,5H3;7,9H,5-6H2,1-4H3;1-2H2/b2*8-7+;7-6+;;;;6-5+;;;8-6+;;/t;;;;2*9-;;2*8-;;;/m....10.10.../s1. The molecule has 8 saturated heterocycles. The Morgan fingerprint density at radius 3 is 0.791 bits per heavy atom. The molecule has 27 heteroatoms. The van der Waals surface area contributed by atoms with E-state index in [1.165, 1.54) is 149 Å². The number of nitrogens with zero attached hydrogens (tertiary/aromatic N) is 9. The van der Waals surface area contributed by atoms with Crippen LogP contribution in [0.2, 0.25) is 0 Å². The molecule has 0 aromatic heterocycles. The summed E-state index contributed by atoms with van der Waals surface area (Å²) in [6.07, 6.45) is 35.2. The highest BCUT2D eigenvalue weighted by atomic mass is 32.2. The van der Waals surface area contributed by atoms with E-state index in [9.17, 15) is 23.4 Å². The highest BCUT2D eigenvalue weighted by molar-refractivity contribution is 8.02. The fourth-order valence-corrected chi connectivity index (χ4v) is 16.2. The number of piperidine rings is 5. The van der Waals surface area contributed by atoms with Crippen molar-refractivity contribution in [1.29, 1.82) is 0 Å². The molecular weight excluding hydrogens is 1750 g/mol. The van der Waals surface area contributed by atoms with E-state index in [2.05, 4.69) is 383 Å². The SMILES string of the molecule is C=C.C=S(C)(=O)/C=C/CNC(C)(C)C.CC(C)(C)NC/C=C/C(=O)N1CCCCC1.CC(C)(C)NC/C=C/C(=O)N1CCCCC1.CN(C)C(=O)/C=C/CNC(C)(C)C.CN1CC(NC(C)(C)C)C1.CN1CCC(NC(C)(C)C)CC1.CN1CCC[C@@H](NC(C)(C)C)C1.CN1CCC[C@H](NC(C)(C)C)C1.CN1CC[C@@H](NC(C)(C)C)C1.CN1CC[C@H](NC(C)(C)C)C1.CNC(=O)/C=C/CNC(C)(C)C. The Bertz CT molecular complexity index is 3290. The molecule has 8 aliphatic heterocycles. The van der Waals surface area contributed by atoms with Crippen LogP contribution in [0.4, 0.5) is 0 Å². The second-order valence-electron chi connectivity index (χ2n) is 51.4. The highest BCUT2D eigenvalue weighted by Gasteiger charge is 2.30. The predicted molar refractivity (Wildman–Crippen MR) is 613 cm³/mol. The Hall–Kier alpha value is -4.34. The molecule has 12 N–H and O–H groups in total. The molecular formula is C112H233N21O5S. The monoisotopic (exact) mass is 1980 g/mol. The minimum Gasteiger partial charge on any atom is -0.356 e. The summed E-state index contributed by atoms with van der Waals surface area (Å²) in [5, 5.41) is 42.3. The molecule has 0 spiro atoms. The van der Waals surface area contributed by atoms with Crippen molar-refractivity contribution in [3.63, 3.8) is 0 Å². The summed E-state index contributed by atoms with van der Waals surface area (Å²) in [6.45, 7) is 99.8. The summed E-state index contributed by atoms with van der Waals surface area (Å²) in [7, 11) is 16.3. The first kappa shape index (κ1) is 141. The maximum Gasteiger partial charge on any atom is 0.246 e. The zero-order valence-corrected chi connectivity index (χ0v) is 99.9. The average molecular weight is 1990 g/mol. The van der Waals surface area contributed by atoms with E-state index in [1.807, 2.05) is 40.2 Å². The van der Waals surface area contributed by atoms with Crippen LogP contribution in [-0.4, -0.2) is 382 Å². The smallest absolute Gasteiger partial charge is 0.246 e. The molecule has 8 aliphatic rings. The quantitative estimate of drug-likeness (QED) is 0.0290. The van der Waals surface area contributed by atoms with E-state index in [1.54, 1.807) is 55.9 Å². The number of nitrogens with one attached hydrogen (secondary N) is 12. The zero-order chi connectivity index (χ0) is 108. The van der Waals surface area contributed by atoms with Gasteiger partial charge in [0.15, 0.2) is 0 Å². The number of rotatable bonds is 21. The van der Waals surface area contributed by atoms with Crippen LogP contribution in [0.5, 0.6) is 0 Å². The van der Waals surface area contributed by atoms with Gasteiger partial charge in [0.2, 0.25) is 23.6 Å². The van der Waals surface area contributed by atoms with Crippen molar-refractivity contribution in [3.05, 3.63) is 73.3 Å². The van der Waals surface area contributed by atoms with Crippen molar-refractivity contribution in [2.45, 2.75) is 416 Å². The number of likely N-dealkylation sites (N-methyl/N-ethyl adjacent to an activating group) is 7. The van der Waals surface area contributed by atoms with Crippen LogP contribution in [0.25, 0.3) is 0 Å². The van der Waals surface area contributed by atoms with Crippen molar-refractivity contribution >= 4 is 39.0 Å². The molecule has 0 radical (unpaired) electrons. The molecule has 0 saturated carbocycles. The number of hydrogen-bond donors (Lipinski definition) is 12. The molecule has 8 rings (SSSR count). The Kier molecular flexibility index (Phi) is 72.3. The average Bonchev–Trinajstić information content (AvgIpc) is 1.42. The molecule has 139 heavy (non-hydrogen) atoms. The van der Waals surface area contributed by atoms with Gasteiger partial charge in [-0.15, -0.1) is 13.2 Å². The van der Waals surface area contributed by atoms with Gasteiger partial charge in [0.25, 0.3) is 0 Å². The lowest BCUT2D eigenvalue weighted by molar-refractivity contribution is -0.127. The first-order chi connectivity index (χ1) is 63.3. The van der Waals surface area contributed by atoms with Gasteiger partial charge in [-0.25, -0.2) is 0 Å². The van der Waals surface area contributed by atoms with E-state index in [0.29, 0.717) is 24.2 Å². The summed E-state index contributed by atoms with van der Waals surface area (Å²) >= 11 is 0. The fourth-order valence-electron chi connectivity index (χ4n) is 15.7. The largest absolute Gasteiger partial charge is 0.356 e. The van der Waals surface area contributed by atoms with Gasteiger partial charge in [-0.2, -0.15) is 0 Å².